The van der Waals surface area contributed by atoms with E-state index in [4.69, 9.17) is 44.3 Å². The number of hydrogen-bond acceptors (Lipinski definition) is 5. The molecule has 0 radical (unpaired) electrons. The number of methoxy groups -OCH3 is 1. The summed E-state index contributed by atoms with van der Waals surface area (Å²) < 4.78 is 9.03. The van der Waals surface area contributed by atoms with Crippen LogP contribution in [-0.2, 0) is 14.3 Å². The number of amides is 2. The number of hydrogen-bond donors (Lipinski definition) is 2. The van der Waals surface area contributed by atoms with Crippen molar-refractivity contribution >= 4 is 46.8 Å². The molecule has 0 aromatic heterocycles. The lowest BCUT2D eigenvalue weighted by Gasteiger charge is -2.37. The maximum absolute atomic E-state index is 12.6. The van der Waals surface area contributed by atoms with Gasteiger partial charge in [0.25, 0.3) is 5.91 Å². The van der Waals surface area contributed by atoms with Crippen LogP contribution in [0.3, 0.4) is 0 Å². The highest BCUT2D eigenvalue weighted by Crippen LogP contribution is 2.34. The van der Waals surface area contributed by atoms with Crippen molar-refractivity contribution in [3.05, 3.63) is 11.8 Å². The molecule has 3 atom stereocenters. The lowest BCUT2D eigenvalue weighted by molar-refractivity contribution is -0.140. The molecule has 0 saturated carbocycles. The molecule has 10 heteroatoms. The van der Waals surface area contributed by atoms with E-state index in [2.05, 4.69) is 5.32 Å². The Morgan fingerprint density at radius 1 is 1.31 bits per heavy atom. The second-order valence-electron chi connectivity index (χ2n) is 8.46. The van der Waals surface area contributed by atoms with Crippen molar-refractivity contribution in [2.45, 2.75) is 81.6 Å². The number of alkyl carbamates (subject to hydrolysis) is 1. The van der Waals surface area contributed by atoms with Crippen LogP contribution in [0.2, 0.25) is 0 Å². The second-order valence-corrected chi connectivity index (χ2v) is 11.0. The van der Waals surface area contributed by atoms with Crippen molar-refractivity contribution < 1.29 is 24.2 Å². The fraction of sp³-hybridized carbons (Fsp3) is 0.789. The first kappa shape index (κ1) is 26.1. The van der Waals surface area contributed by atoms with Gasteiger partial charge in [0, 0.05) is 6.08 Å². The predicted molar refractivity (Wildman–Crippen MR) is 114 cm³/mol. The van der Waals surface area contributed by atoms with E-state index in [-0.39, 0.29) is 18.8 Å². The Labute approximate surface area is 187 Å². The van der Waals surface area contributed by atoms with Crippen molar-refractivity contribution in [2.24, 2.45) is 5.92 Å². The average molecular weight is 474 g/mol. The highest BCUT2D eigenvalue weighted by Gasteiger charge is 2.42. The number of rotatable bonds is 8. The largest absolute Gasteiger partial charge is 0.499 e. The Bertz CT molecular complexity index is 614. The van der Waals surface area contributed by atoms with Crippen molar-refractivity contribution in [1.82, 2.24) is 10.2 Å². The van der Waals surface area contributed by atoms with Gasteiger partial charge in [0.1, 0.15) is 11.4 Å². The summed E-state index contributed by atoms with van der Waals surface area (Å²) >= 11 is 17.6. The summed E-state index contributed by atoms with van der Waals surface area (Å²) in [5, 5.41) is 13.6. The molecule has 168 valence electrons. The van der Waals surface area contributed by atoms with Gasteiger partial charge in [0.2, 0.25) is 0 Å². The summed E-state index contributed by atoms with van der Waals surface area (Å²) in [5.41, 5.74) is -0.733. The molecule has 0 aromatic rings. The smallest absolute Gasteiger partial charge is 0.408 e. The standard InChI is InChI=1S/C19H31Cl3N2O5/c1-11(2)9-13-14(28-6)10-15(25)24(13)16(26)12(7-8-19(20,21)22)23-17(27)29-18(3,4)5/h10-13,16,26H,7-9H2,1-6H3,(H,23,27). The quantitative estimate of drug-likeness (QED) is 0.517. The summed E-state index contributed by atoms with van der Waals surface area (Å²) in [6.45, 7) is 9.16. The molecule has 0 spiro atoms. The van der Waals surface area contributed by atoms with Crippen molar-refractivity contribution in [1.29, 1.82) is 0 Å². The molecule has 1 rings (SSSR count). The number of carbonyl (C=O) groups excluding carboxylic acids is 2. The molecule has 1 aliphatic rings. The third-order valence-electron chi connectivity index (χ3n) is 4.20. The number of nitrogens with one attached hydrogen (secondary N) is 1. The lowest BCUT2D eigenvalue weighted by Crippen LogP contribution is -2.56. The van der Waals surface area contributed by atoms with Gasteiger partial charge in [-0.25, -0.2) is 4.79 Å². The van der Waals surface area contributed by atoms with Crippen LogP contribution >= 0.6 is 34.8 Å². The first-order valence-corrected chi connectivity index (χ1v) is 10.6. The minimum absolute atomic E-state index is 0.0522. The predicted octanol–water partition coefficient (Wildman–Crippen LogP) is 4.14. The third-order valence-corrected chi connectivity index (χ3v) is 4.77. The number of aliphatic hydroxyl groups is 1. The zero-order chi connectivity index (χ0) is 22.6. The van der Waals surface area contributed by atoms with Crippen molar-refractivity contribution in [2.75, 3.05) is 7.11 Å². The molecule has 7 nitrogen and oxygen atoms in total. The van der Waals surface area contributed by atoms with Crippen molar-refractivity contribution in [3.8, 4) is 0 Å². The fourth-order valence-corrected chi connectivity index (χ4v) is 3.36. The maximum Gasteiger partial charge on any atom is 0.408 e. The molecular formula is C19H31Cl3N2O5. The third kappa shape index (κ3) is 8.79. The van der Waals surface area contributed by atoms with E-state index in [1.807, 2.05) is 13.8 Å². The van der Waals surface area contributed by atoms with Crippen LogP contribution in [0.4, 0.5) is 4.79 Å². The average Bonchev–Trinajstić information content (AvgIpc) is 2.83. The van der Waals surface area contributed by atoms with Crippen molar-refractivity contribution in [3.63, 3.8) is 0 Å². The second kappa shape index (κ2) is 10.4. The van der Waals surface area contributed by atoms with Crippen LogP contribution in [0, 0.1) is 5.92 Å². The fourth-order valence-electron chi connectivity index (χ4n) is 3.04. The van der Waals surface area contributed by atoms with E-state index in [0.29, 0.717) is 12.2 Å². The van der Waals surface area contributed by atoms with Crippen LogP contribution in [0.5, 0.6) is 0 Å². The first-order valence-electron chi connectivity index (χ1n) is 9.47. The van der Waals surface area contributed by atoms with E-state index < -0.39 is 39.7 Å². The Morgan fingerprint density at radius 2 is 1.90 bits per heavy atom. The molecular weight excluding hydrogens is 443 g/mol. The molecule has 0 fully saturated rings. The van der Waals surface area contributed by atoms with E-state index in [1.54, 1.807) is 20.8 Å². The molecule has 0 bridgehead atoms. The van der Waals surface area contributed by atoms with Gasteiger partial charge in [-0.15, -0.1) is 0 Å². The number of ether oxygens (including phenoxy) is 2. The van der Waals surface area contributed by atoms with Gasteiger partial charge in [-0.1, -0.05) is 48.7 Å². The zero-order valence-corrected chi connectivity index (χ0v) is 19.9. The van der Waals surface area contributed by atoms with Crippen LogP contribution in [-0.4, -0.2) is 56.8 Å². The highest BCUT2D eigenvalue weighted by molar-refractivity contribution is 6.67. The SMILES string of the molecule is COC1=CC(=O)N(C(O)C(CCC(Cl)(Cl)Cl)NC(=O)OC(C)(C)C)C1CC(C)C. The molecule has 1 heterocycles. The van der Waals surface area contributed by atoms with E-state index in [9.17, 15) is 14.7 Å². The van der Waals surface area contributed by atoms with Gasteiger partial charge in [-0.2, -0.15) is 0 Å². The Morgan fingerprint density at radius 3 is 2.34 bits per heavy atom. The van der Waals surface area contributed by atoms with Crippen LogP contribution in [0.25, 0.3) is 0 Å². The van der Waals surface area contributed by atoms with Gasteiger partial charge in [0.05, 0.1) is 19.2 Å². The van der Waals surface area contributed by atoms with E-state index in [0.717, 1.165) is 0 Å². The van der Waals surface area contributed by atoms with Gasteiger partial charge in [-0.3, -0.25) is 4.79 Å². The molecule has 0 aromatic carbocycles. The minimum Gasteiger partial charge on any atom is -0.499 e. The number of nitrogens with zero attached hydrogens (tertiary/aromatic N) is 1. The molecule has 29 heavy (non-hydrogen) atoms. The Kier molecular flexibility index (Phi) is 9.40. The number of aliphatic hydroxyl groups excluding tert-OH is 1. The monoisotopic (exact) mass is 472 g/mol. The number of carbonyl (C=O) groups is 2. The summed E-state index contributed by atoms with van der Waals surface area (Å²) in [7, 11) is 1.47. The Hall–Kier alpha value is -0.890. The van der Waals surface area contributed by atoms with Gasteiger partial charge < -0.3 is 24.8 Å². The van der Waals surface area contributed by atoms with Gasteiger partial charge >= 0.3 is 6.09 Å². The van der Waals surface area contributed by atoms with E-state index >= 15 is 0 Å². The maximum atomic E-state index is 12.6. The first-order chi connectivity index (χ1) is 13.1. The van der Waals surface area contributed by atoms with Gasteiger partial charge in [0.15, 0.2) is 10.0 Å². The normalized spacial score (nSPS) is 19.8. The van der Waals surface area contributed by atoms with Crippen LogP contribution in [0.15, 0.2) is 11.8 Å². The zero-order valence-electron chi connectivity index (χ0n) is 17.7. The van der Waals surface area contributed by atoms with Crippen LogP contribution in [0.1, 0.15) is 53.9 Å². The lowest BCUT2D eigenvalue weighted by atomic mass is 10.0. The summed E-state index contributed by atoms with van der Waals surface area (Å²) in [6, 6.07) is -1.37. The topological polar surface area (TPSA) is 88.1 Å². The molecule has 2 amide bonds. The number of halogens is 3. The molecule has 0 saturated heterocycles. The minimum atomic E-state index is -1.57. The molecule has 0 aliphatic carbocycles. The summed E-state index contributed by atoms with van der Waals surface area (Å²) in [5.74, 6) is 0.280. The van der Waals surface area contributed by atoms with Crippen LogP contribution < -0.4 is 5.32 Å². The van der Waals surface area contributed by atoms with Gasteiger partial charge in [-0.05, 0) is 46.0 Å². The highest BCUT2D eigenvalue weighted by atomic mass is 35.6. The summed E-state index contributed by atoms with van der Waals surface area (Å²) in [4.78, 5) is 26.2. The molecule has 3 unspecified atom stereocenters. The number of alkyl halides is 3. The Balaban J connectivity index is 3.08. The molecule has 1 aliphatic heterocycles. The summed E-state index contributed by atoms with van der Waals surface area (Å²) in [6.07, 6.45) is -0.0246. The molecule has 2 N–H and O–H groups in total. The van der Waals surface area contributed by atoms with E-state index in [1.165, 1.54) is 18.1 Å².